The lowest BCUT2D eigenvalue weighted by molar-refractivity contribution is 0.0988. The van der Waals surface area contributed by atoms with Gasteiger partial charge in [-0.05, 0) is 24.3 Å². The van der Waals surface area contributed by atoms with Crippen LogP contribution >= 0.6 is 0 Å². The molecule has 6 nitrogen and oxygen atoms in total. The molecule has 6 heteroatoms. The number of para-hydroxylation sites is 1. The summed E-state index contributed by atoms with van der Waals surface area (Å²) < 4.78 is 1.36. The van der Waals surface area contributed by atoms with Crippen molar-refractivity contribution < 1.29 is 9.90 Å². The second kappa shape index (κ2) is 5.57. The third kappa shape index (κ3) is 2.34. The van der Waals surface area contributed by atoms with Gasteiger partial charge in [-0.2, -0.15) is 0 Å². The lowest BCUT2D eigenvalue weighted by atomic mass is 10.1. The summed E-state index contributed by atoms with van der Waals surface area (Å²) >= 11 is 0. The maximum atomic E-state index is 12.7. The predicted octanol–water partition coefficient (Wildman–Crippen LogP) is 1.92. The zero-order chi connectivity index (χ0) is 16.6. The number of carbonyl (C=O) groups is 1. The minimum absolute atomic E-state index is 0.264. The number of amides is 1. The van der Waals surface area contributed by atoms with Crippen LogP contribution in [0.2, 0.25) is 0 Å². The first kappa shape index (κ1) is 14.8. The van der Waals surface area contributed by atoms with Crippen molar-refractivity contribution in [3.63, 3.8) is 0 Å². The van der Waals surface area contributed by atoms with Gasteiger partial charge in [0.05, 0.1) is 5.52 Å². The van der Waals surface area contributed by atoms with Crippen LogP contribution in [-0.4, -0.2) is 27.6 Å². The molecular weight excluding hydrogens is 294 g/mol. The molecule has 1 amide bonds. The summed E-state index contributed by atoms with van der Waals surface area (Å²) in [6.07, 6.45) is 1.55. The molecule has 0 aliphatic heterocycles. The number of hydrogen-bond donors (Lipinski definition) is 1. The topological polar surface area (TPSA) is 75.4 Å². The number of rotatable bonds is 2. The standard InChI is InChI=1S/C17H15N3O3/c1-19-12-8-4-3-7-11(12)15(21)14(16(19)22)17(23)20(2)13-9-5-6-10-18-13/h3-10,21H,1-2H3. The van der Waals surface area contributed by atoms with Crippen molar-refractivity contribution in [1.82, 2.24) is 9.55 Å². The monoisotopic (exact) mass is 309 g/mol. The lowest BCUT2D eigenvalue weighted by Crippen LogP contribution is -2.34. The van der Waals surface area contributed by atoms with Gasteiger partial charge >= 0.3 is 0 Å². The van der Waals surface area contributed by atoms with Crippen LogP contribution in [0, 0.1) is 0 Å². The highest BCUT2D eigenvalue weighted by Crippen LogP contribution is 2.27. The summed E-state index contributed by atoms with van der Waals surface area (Å²) in [5.74, 6) is -0.517. The average Bonchev–Trinajstić information content (AvgIpc) is 2.60. The van der Waals surface area contributed by atoms with Crippen molar-refractivity contribution in [2.75, 3.05) is 11.9 Å². The Morgan fingerprint density at radius 2 is 1.87 bits per heavy atom. The van der Waals surface area contributed by atoms with Gasteiger partial charge in [-0.25, -0.2) is 4.98 Å². The molecule has 3 rings (SSSR count). The molecule has 2 aromatic heterocycles. The highest BCUT2D eigenvalue weighted by molar-refractivity contribution is 6.09. The zero-order valence-corrected chi connectivity index (χ0v) is 12.7. The molecule has 0 aliphatic carbocycles. The van der Waals surface area contributed by atoms with E-state index in [1.165, 1.54) is 16.5 Å². The van der Waals surface area contributed by atoms with Crippen LogP contribution in [0.25, 0.3) is 10.9 Å². The third-order valence-electron chi connectivity index (χ3n) is 3.79. The lowest BCUT2D eigenvalue weighted by Gasteiger charge is -2.18. The molecule has 2 heterocycles. The fourth-order valence-corrected chi connectivity index (χ4v) is 2.50. The first-order valence-corrected chi connectivity index (χ1v) is 7.02. The van der Waals surface area contributed by atoms with E-state index in [4.69, 9.17) is 0 Å². The van der Waals surface area contributed by atoms with E-state index in [0.717, 1.165) is 0 Å². The van der Waals surface area contributed by atoms with Crippen LogP contribution in [0.5, 0.6) is 5.75 Å². The second-order valence-corrected chi connectivity index (χ2v) is 5.16. The molecule has 23 heavy (non-hydrogen) atoms. The highest BCUT2D eigenvalue weighted by atomic mass is 16.3. The zero-order valence-electron chi connectivity index (χ0n) is 12.7. The van der Waals surface area contributed by atoms with Crippen LogP contribution in [0.15, 0.2) is 53.5 Å². The quantitative estimate of drug-likeness (QED) is 0.784. The molecule has 0 aliphatic rings. The number of aryl methyl sites for hydroxylation is 1. The van der Waals surface area contributed by atoms with Crippen molar-refractivity contribution in [2.24, 2.45) is 7.05 Å². The van der Waals surface area contributed by atoms with Gasteiger partial charge in [0, 0.05) is 25.7 Å². The van der Waals surface area contributed by atoms with E-state index in [1.807, 2.05) is 0 Å². The summed E-state index contributed by atoms with van der Waals surface area (Å²) in [5, 5.41) is 10.9. The summed E-state index contributed by atoms with van der Waals surface area (Å²) in [6, 6.07) is 12.0. The normalized spacial score (nSPS) is 10.7. The molecule has 0 saturated heterocycles. The Morgan fingerprint density at radius 1 is 1.17 bits per heavy atom. The molecule has 0 spiro atoms. The van der Waals surface area contributed by atoms with Gasteiger partial charge in [0.15, 0.2) is 0 Å². The Hall–Kier alpha value is -3.15. The Balaban J connectivity index is 2.20. The van der Waals surface area contributed by atoms with E-state index in [2.05, 4.69) is 4.98 Å². The van der Waals surface area contributed by atoms with Crippen molar-refractivity contribution >= 4 is 22.6 Å². The van der Waals surface area contributed by atoms with E-state index in [0.29, 0.717) is 16.7 Å². The Bertz CT molecular complexity index is 948. The number of pyridine rings is 2. The predicted molar refractivity (Wildman–Crippen MR) is 87.8 cm³/mol. The summed E-state index contributed by atoms with van der Waals surface area (Å²) in [7, 11) is 3.08. The Labute approximate surface area is 132 Å². The number of hydrogen-bond acceptors (Lipinski definition) is 4. The fraction of sp³-hybridized carbons (Fsp3) is 0.118. The summed E-state index contributed by atoms with van der Waals surface area (Å²) in [6.45, 7) is 0. The number of aromatic hydroxyl groups is 1. The number of anilines is 1. The molecule has 0 atom stereocenters. The maximum absolute atomic E-state index is 12.7. The number of aromatic nitrogens is 2. The maximum Gasteiger partial charge on any atom is 0.268 e. The molecule has 0 bridgehead atoms. The van der Waals surface area contributed by atoms with Crippen LogP contribution in [-0.2, 0) is 7.05 Å². The molecule has 116 valence electrons. The SMILES string of the molecule is CN(C(=O)c1c(O)c2ccccc2n(C)c1=O)c1ccccn1. The largest absolute Gasteiger partial charge is 0.506 e. The number of fused-ring (bicyclic) bond motifs is 1. The van der Waals surface area contributed by atoms with Crippen molar-refractivity contribution in [2.45, 2.75) is 0 Å². The van der Waals surface area contributed by atoms with Gasteiger partial charge in [0.1, 0.15) is 17.1 Å². The van der Waals surface area contributed by atoms with Gasteiger partial charge in [-0.15, -0.1) is 0 Å². The van der Waals surface area contributed by atoms with Gasteiger partial charge < -0.3 is 9.67 Å². The van der Waals surface area contributed by atoms with E-state index in [-0.39, 0.29) is 11.3 Å². The first-order valence-electron chi connectivity index (χ1n) is 7.02. The van der Waals surface area contributed by atoms with Crippen LogP contribution in [0.3, 0.4) is 0 Å². The number of benzene rings is 1. The Kier molecular flexibility index (Phi) is 3.57. The van der Waals surface area contributed by atoms with Crippen LogP contribution < -0.4 is 10.5 Å². The van der Waals surface area contributed by atoms with Gasteiger partial charge in [0.25, 0.3) is 11.5 Å². The minimum Gasteiger partial charge on any atom is -0.506 e. The minimum atomic E-state index is -0.604. The molecule has 0 saturated carbocycles. The molecular formula is C17H15N3O3. The number of carbonyl (C=O) groups excluding carboxylic acids is 1. The van der Waals surface area contributed by atoms with Gasteiger partial charge in [0.2, 0.25) is 0 Å². The van der Waals surface area contributed by atoms with Gasteiger partial charge in [-0.3, -0.25) is 14.5 Å². The fourth-order valence-electron chi connectivity index (χ4n) is 2.50. The third-order valence-corrected chi connectivity index (χ3v) is 3.79. The smallest absolute Gasteiger partial charge is 0.268 e. The van der Waals surface area contributed by atoms with Crippen molar-refractivity contribution in [3.05, 3.63) is 64.6 Å². The van der Waals surface area contributed by atoms with E-state index < -0.39 is 11.5 Å². The van der Waals surface area contributed by atoms with E-state index in [1.54, 1.807) is 55.7 Å². The molecule has 0 unspecified atom stereocenters. The van der Waals surface area contributed by atoms with Crippen LogP contribution in [0.4, 0.5) is 5.82 Å². The molecule has 0 fully saturated rings. The first-order chi connectivity index (χ1) is 11.0. The molecule has 0 radical (unpaired) electrons. The second-order valence-electron chi connectivity index (χ2n) is 5.16. The average molecular weight is 309 g/mol. The van der Waals surface area contributed by atoms with Crippen molar-refractivity contribution in [1.29, 1.82) is 0 Å². The summed E-state index contributed by atoms with van der Waals surface area (Å²) in [5.41, 5.74) is -0.250. The summed E-state index contributed by atoms with van der Waals surface area (Å²) in [4.78, 5) is 30.5. The molecule has 3 aromatic rings. The molecule has 1 aromatic carbocycles. The van der Waals surface area contributed by atoms with Crippen molar-refractivity contribution in [3.8, 4) is 5.75 Å². The molecule has 1 N–H and O–H groups in total. The number of nitrogens with zero attached hydrogens (tertiary/aromatic N) is 3. The highest BCUT2D eigenvalue weighted by Gasteiger charge is 2.24. The van der Waals surface area contributed by atoms with E-state index >= 15 is 0 Å². The van der Waals surface area contributed by atoms with Crippen LogP contribution in [0.1, 0.15) is 10.4 Å². The Morgan fingerprint density at radius 3 is 2.57 bits per heavy atom. The van der Waals surface area contributed by atoms with E-state index in [9.17, 15) is 14.7 Å². The van der Waals surface area contributed by atoms with Gasteiger partial charge in [-0.1, -0.05) is 18.2 Å².